The molecule has 2 aromatic carbocycles. The number of para-hydroxylation sites is 1. The first-order chi connectivity index (χ1) is 15.8. The minimum Gasteiger partial charge on any atom is -0.368 e. The Morgan fingerprint density at radius 1 is 0.909 bits per heavy atom. The molecule has 0 aliphatic carbocycles. The van der Waals surface area contributed by atoms with Crippen molar-refractivity contribution < 1.29 is 19.2 Å². The Balaban J connectivity index is 1.60. The molecule has 2 atom stereocenters. The second-order valence-electron chi connectivity index (χ2n) is 7.75. The number of fused-ring (bicyclic) bond motifs is 1. The van der Waals surface area contributed by atoms with Crippen molar-refractivity contribution in [2.45, 2.75) is 31.8 Å². The molecule has 0 saturated carbocycles. The van der Waals surface area contributed by atoms with E-state index in [4.69, 9.17) is 5.73 Å². The molecule has 0 spiro atoms. The lowest BCUT2D eigenvalue weighted by atomic mass is 10.0. The maximum absolute atomic E-state index is 12.7. The summed E-state index contributed by atoms with van der Waals surface area (Å²) in [5, 5.41) is 8.65. The fourth-order valence-electron chi connectivity index (χ4n) is 3.58. The summed E-state index contributed by atoms with van der Waals surface area (Å²) in [7, 11) is 0. The predicted molar refractivity (Wildman–Crippen MR) is 124 cm³/mol. The number of aromatic nitrogens is 1. The molecule has 172 valence electrons. The number of H-pyrrole nitrogens is 1. The first-order valence-corrected chi connectivity index (χ1v) is 10.6. The van der Waals surface area contributed by atoms with Crippen molar-refractivity contribution in [1.82, 2.24) is 20.9 Å². The molecule has 9 nitrogen and oxygen atoms in total. The maximum Gasteiger partial charge on any atom is 0.243 e. The second kappa shape index (κ2) is 10.9. The Labute approximate surface area is 191 Å². The number of hydrogen-bond acceptors (Lipinski definition) is 4. The fourth-order valence-corrected chi connectivity index (χ4v) is 3.58. The molecule has 0 aliphatic rings. The zero-order valence-electron chi connectivity index (χ0n) is 18.3. The van der Waals surface area contributed by atoms with Crippen molar-refractivity contribution in [3.8, 4) is 0 Å². The van der Waals surface area contributed by atoms with Gasteiger partial charge in [-0.05, 0) is 17.2 Å². The highest BCUT2D eigenvalue weighted by atomic mass is 16.2. The van der Waals surface area contributed by atoms with Gasteiger partial charge in [0.1, 0.15) is 12.1 Å². The molecule has 0 unspecified atom stereocenters. The van der Waals surface area contributed by atoms with Gasteiger partial charge in [0.05, 0.1) is 6.54 Å². The van der Waals surface area contributed by atoms with Crippen LogP contribution < -0.4 is 21.7 Å². The van der Waals surface area contributed by atoms with Gasteiger partial charge in [-0.1, -0.05) is 48.5 Å². The summed E-state index contributed by atoms with van der Waals surface area (Å²) in [4.78, 5) is 51.7. The van der Waals surface area contributed by atoms with Crippen molar-refractivity contribution in [3.05, 3.63) is 71.9 Å². The number of amides is 4. The predicted octanol–water partition coefficient (Wildman–Crippen LogP) is 0.544. The third kappa shape index (κ3) is 6.67. The van der Waals surface area contributed by atoms with Crippen molar-refractivity contribution in [3.63, 3.8) is 0 Å². The van der Waals surface area contributed by atoms with E-state index in [1.54, 1.807) is 6.20 Å². The summed E-state index contributed by atoms with van der Waals surface area (Å²) in [6.07, 6.45) is 2.28. The molecule has 0 radical (unpaired) electrons. The van der Waals surface area contributed by atoms with Gasteiger partial charge in [0.25, 0.3) is 0 Å². The van der Waals surface area contributed by atoms with Crippen LogP contribution in [0.15, 0.2) is 60.8 Å². The van der Waals surface area contributed by atoms with E-state index in [9.17, 15) is 19.2 Å². The minimum absolute atomic E-state index is 0.241. The van der Waals surface area contributed by atoms with Crippen molar-refractivity contribution in [2.24, 2.45) is 5.73 Å². The highest BCUT2D eigenvalue weighted by molar-refractivity contribution is 5.93. The SMILES string of the molecule is CC(=O)N[C@@H](Cc1c[nH]c2ccccc12)C(=O)NCC(=O)N[C@@H](Cc1ccccc1)C(N)=O. The molecule has 9 heteroatoms. The lowest BCUT2D eigenvalue weighted by Crippen LogP contribution is -2.52. The number of carbonyl (C=O) groups excluding carboxylic acids is 4. The number of primary amides is 1. The van der Waals surface area contributed by atoms with Gasteiger partial charge in [0.2, 0.25) is 23.6 Å². The summed E-state index contributed by atoms with van der Waals surface area (Å²) in [6, 6.07) is 15.0. The number of nitrogens with one attached hydrogen (secondary N) is 4. The van der Waals surface area contributed by atoms with E-state index >= 15 is 0 Å². The topological polar surface area (TPSA) is 146 Å². The van der Waals surface area contributed by atoms with Crippen LogP contribution in [0.2, 0.25) is 0 Å². The van der Waals surface area contributed by atoms with Gasteiger partial charge in [-0.2, -0.15) is 0 Å². The van der Waals surface area contributed by atoms with Gasteiger partial charge in [-0.25, -0.2) is 0 Å². The van der Waals surface area contributed by atoms with Crippen LogP contribution in [0.5, 0.6) is 0 Å². The molecule has 4 amide bonds. The van der Waals surface area contributed by atoms with Gasteiger partial charge in [0.15, 0.2) is 0 Å². The van der Waals surface area contributed by atoms with Crippen LogP contribution in [-0.4, -0.2) is 47.2 Å². The van der Waals surface area contributed by atoms with Crippen LogP contribution in [0, 0.1) is 0 Å². The summed E-state index contributed by atoms with van der Waals surface area (Å²) in [6.45, 7) is 0.963. The average molecular weight is 450 g/mol. The third-order valence-electron chi connectivity index (χ3n) is 5.18. The van der Waals surface area contributed by atoms with Gasteiger partial charge in [0, 0.05) is 36.9 Å². The molecule has 33 heavy (non-hydrogen) atoms. The summed E-state index contributed by atoms with van der Waals surface area (Å²) in [5.41, 5.74) is 8.05. The Bertz CT molecular complexity index is 1140. The zero-order chi connectivity index (χ0) is 23.8. The Kier molecular flexibility index (Phi) is 7.80. The number of benzene rings is 2. The summed E-state index contributed by atoms with van der Waals surface area (Å²) < 4.78 is 0. The minimum atomic E-state index is -0.908. The van der Waals surface area contributed by atoms with Crippen LogP contribution in [0.4, 0.5) is 0 Å². The lowest BCUT2D eigenvalue weighted by Gasteiger charge is -2.19. The third-order valence-corrected chi connectivity index (χ3v) is 5.18. The smallest absolute Gasteiger partial charge is 0.243 e. The van der Waals surface area contributed by atoms with E-state index in [0.717, 1.165) is 22.0 Å². The fraction of sp³-hybridized carbons (Fsp3) is 0.250. The van der Waals surface area contributed by atoms with E-state index in [2.05, 4.69) is 20.9 Å². The highest BCUT2D eigenvalue weighted by Crippen LogP contribution is 2.19. The van der Waals surface area contributed by atoms with Crippen molar-refractivity contribution in [1.29, 1.82) is 0 Å². The molecule has 0 bridgehead atoms. The van der Waals surface area contributed by atoms with Gasteiger partial charge >= 0.3 is 0 Å². The van der Waals surface area contributed by atoms with Crippen molar-refractivity contribution >= 4 is 34.5 Å². The van der Waals surface area contributed by atoms with Gasteiger partial charge in [-0.15, -0.1) is 0 Å². The van der Waals surface area contributed by atoms with Crippen molar-refractivity contribution in [2.75, 3.05) is 6.54 Å². The zero-order valence-corrected chi connectivity index (χ0v) is 18.3. The second-order valence-corrected chi connectivity index (χ2v) is 7.75. The van der Waals surface area contributed by atoms with Gasteiger partial charge in [-0.3, -0.25) is 19.2 Å². The molecule has 3 aromatic rings. The Morgan fingerprint density at radius 3 is 2.30 bits per heavy atom. The normalized spacial score (nSPS) is 12.5. The Morgan fingerprint density at radius 2 is 1.61 bits per heavy atom. The standard InChI is InChI=1S/C24H27N5O4/c1-15(30)28-21(12-17-13-26-19-10-6-5-9-18(17)19)24(33)27-14-22(31)29-20(23(25)32)11-16-7-3-2-4-8-16/h2-10,13,20-21,26H,11-12,14H2,1H3,(H2,25,32)(H,27,33)(H,28,30)(H,29,31)/t20-,21-/m0/s1. The molecular weight excluding hydrogens is 422 g/mol. The monoisotopic (exact) mass is 449 g/mol. The largest absolute Gasteiger partial charge is 0.368 e. The van der Waals surface area contributed by atoms with E-state index in [-0.39, 0.29) is 25.3 Å². The lowest BCUT2D eigenvalue weighted by molar-refractivity contribution is -0.130. The summed E-state index contributed by atoms with van der Waals surface area (Å²) >= 11 is 0. The molecule has 3 rings (SSSR count). The highest BCUT2D eigenvalue weighted by Gasteiger charge is 2.23. The number of aromatic amines is 1. The molecule has 0 fully saturated rings. The molecule has 1 aromatic heterocycles. The first kappa shape index (κ1) is 23.5. The Hall–Kier alpha value is -4.14. The molecule has 0 saturated heterocycles. The maximum atomic E-state index is 12.7. The summed E-state index contributed by atoms with van der Waals surface area (Å²) in [5.74, 6) is -2.11. The van der Waals surface area contributed by atoms with Crippen LogP contribution in [0.1, 0.15) is 18.1 Å². The first-order valence-electron chi connectivity index (χ1n) is 10.6. The number of hydrogen-bond donors (Lipinski definition) is 5. The molecule has 1 heterocycles. The van der Waals surface area contributed by atoms with E-state index in [0.29, 0.717) is 0 Å². The van der Waals surface area contributed by atoms with Crippen LogP contribution in [0.25, 0.3) is 10.9 Å². The van der Waals surface area contributed by atoms with E-state index in [1.165, 1.54) is 6.92 Å². The molecule has 6 N–H and O–H groups in total. The average Bonchev–Trinajstić information content (AvgIpc) is 3.20. The van der Waals surface area contributed by atoms with Crippen LogP contribution >= 0.6 is 0 Å². The van der Waals surface area contributed by atoms with Crippen LogP contribution in [-0.2, 0) is 32.0 Å². The number of carbonyl (C=O) groups is 4. The van der Waals surface area contributed by atoms with E-state index in [1.807, 2.05) is 54.6 Å². The number of nitrogens with two attached hydrogens (primary N) is 1. The quantitative estimate of drug-likeness (QED) is 0.307. The number of rotatable bonds is 10. The molecular formula is C24H27N5O4. The van der Waals surface area contributed by atoms with E-state index < -0.39 is 29.8 Å². The molecule has 0 aliphatic heterocycles. The van der Waals surface area contributed by atoms with Gasteiger partial charge < -0.3 is 26.7 Å². The van der Waals surface area contributed by atoms with Crippen LogP contribution in [0.3, 0.4) is 0 Å².